The number of carbonyl (C=O) groups is 1. The zero-order chi connectivity index (χ0) is 20.2. The third kappa shape index (κ3) is 3.45. The Morgan fingerprint density at radius 1 is 1.07 bits per heavy atom. The maximum absolute atomic E-state index is 12.8. The zero-order valence-electron chi connectivity index (χ0n) is 17.8. The van der Waals surface area contributed by atoms with Gasteiger partial charge in [-0.1, -0.05) is 12.1 Å². The lowest BCUT2D eigenvalue weighted by Crippen LogP contribution is -2.54. The van der Waals surface area contributed by atoms with Gasteiger partial charge in [0.2, 0.25) is 5.91 Å². The predicted octanol–water partition coefficient (Wildman–Crippen LogP) is 4.60. The van der Waals surface area contributed by atoms with Crippen LogP contribution in [0.15, 0.2) is 24.3 Å². The summed E-state index contributed by atoms with van der Waals surface area (Å²) in [7, 11) is 1.93. The third-order valence-electron chi connectivity index (χ3n) is 7.64. The van der Waals surface area contributed by atoms with Gasteiger partial charge in [0.15, 0.2) is 0 Å². The fraction of sp³-hybridized carbons (Fsp3) is 0.583. The van der Waals surface area contributed by atoms with Crippen LogP contribution in [0.2, 0.25) is 0 Å². The van der Waals surface area contributed by atoms with Crippen molar-refractivity contribution in [3.63, 3.8) is 0 Å². The molecule has 4 aliphatic rings. The molecule has 1 aromatic heterocycles. The number of nitrogens with zero attached hydrogens (tertiary/aromatic N) is 2. The summed E-state index contributed by atoms with van der Waals surface area (Å²) in [6.45, 7) is 3.99. The molecule has 0 aliphatic heterocycles. The van der Waals surface area contributed by atoms with Crippen molar-refractivity contribution in [2.45, 2.75) is 64.3 Å². The predicted molar refractivity (Wildman–Crippen MR) is 116 cm³/mol. The zero-order valence-corrected chi connectivity index (χ0v) is 17.8. The van der Waals surface area contributed by atoms with Crippen LogP contribution >= 0.6 is 0 Å². The van der Waals surface area contributed by atoms with Crippen LogP contribution in [0.5, 0.6) is 0 Å². The molecule has 2 aromatic rings. The minimum atomic E-state index is 0.0176. The lowest BCUT2D eigenvalue weighted by Gasteiger charge is -2.57. The second-order valence-electron chi connectivity index (χ2n) is 9.87. The van der Waals surface area contributed by atoms with E-state index in [0.717, 1.165) is 46.1 Å². The Labute approximate surface area is 173 Å². The maximum atomic E-state index is 12.8. The molecule has 1 heterocycles. The summed E-state index contributed by atoms with van der Waals surface area (Å²) in [5.41, 5.74) is 5.20. The average Bonchev–Trinajstić information content (AvgIpc) is 2.88. The SMILES string of the molecule is Cc1nn(C)c(C)c1CC(=O)Nc1ccccc1NC12CC3CC(CC(C3)C1)C2. The standard InChI is InChI=1S/C24H32N4O/c1-15-20(16(2)28(3)27-15)11-23(29)25-21-6-4-5-7-22(21)26-24-12-17-8-18(13-24)10-19(9-17)14-24/h4-7,17-19,26H,8-14H2,1-3H3,(H,25,29). The first-order valence-electron chi connectivity index (χ1n) is 11.1. The van der Waals surface area contributed by atoms with E-state index >= 15 is 0 Å². The van der Waals surface area contributed by atoms with E-state index in [-0.39, 0.29) is 11.4 Å². The summed E-state index contributed by atoms with van der Waals surface area (Å²) in [4.78, 5) is 12.8. The summed E-state index contributed by atoms with van der Waals surface area (Å²) in [5, 5.41) is 11.5. The van der Waals surface area contributed by atoms with E-state index in [0.29, 0.717) is 6.42 Å². The van der Waals surface area contributed by atoms with Gasteiger partial charge in [-0.2, -0.15) is 5.10 Å². The third-order valence-corrected chi connectivity index (χ3v) is 7.64. The van der Waals surface area contributed by atoms with Crippen molar-refractivity contribution in [1.29, 1.82) is 0 Å². The van der Waals surface area contributed by atoms with Crippen molar-refractivity contribution >= 4 is 17.3 Å². The number of anilines is 2. The molecular formula is C24H32N4O. The van der Waals surface area contributed by atoms with Crippen LogP contribution < -0.4 is 10.6 Å². The molecule has 5 nitrogen and oxygen atoms in total. The highest BCUT2D eigenvalue weighted by Crippen LogP contribution is 2.56. The molecule has 5 heteroatoms. The van der Waals surface area contributed by atoms with Gasteiger partial charge in [0.05, 0.1) is 23.5 Å². The smallest absolute Gasteiger partial charge is 0.228 e. The number of amides is 1. The van der Waals surface area contributed by atoms with Gasteiger partial charge in [-0.15, -0.1) is 0 Å². The highest BCUT2D eigenvalue weighted by atomic mass is 16.1. The summed E-state index contributed by atoms with van der Waals surface area (Å²) < 4.78 is 1.85. The Balaban J connectivity index is 1.33. The molecule has 0 spiro atoms. The molecule has 4 fully saturated rings. The fourth-order valence-corrected chi connectivity index (χ4v) is 6.68. The highest BCUT2D eigenvalue weighted by molar-refractivity contribution is 5.95. The Hall–Kier alpha value is -2.30. The lowest BCUT2D eigenvalue weighted by atomic mass is 9.53. The van der Waals surface area contributed by atoms with Crippen LogP contribution in [0, 0.1) is 31.6 Å². The second kappa shape index (κ2) is 6.89. The van der Waals surface area contributed by atoms with E-state index in [2.05, 4.69) is 27.9 Å². The minimum Gasteiger partial charge on any atom is -0.378 e. The van der Waals surface area contributed by atoms with Gasteiger partial charge in [-0.25, -0.2) is 0 Å². The quantitative estimate of drug-likeness (QED) is 0.782. The van der Waals surface area contributed by atoms with Gasteiger partial charge in [-0.05, 0) is 82.3 Å². The van der Waals surface area contributed by atoms with E-state index in [9.17, 15) is 4.79 Å². The first-order chi connectivity index (χ1) is 13.9. The molecule has 1 aromatic carbocycles. The van der Waals surface area contributed by atoms with Crippen LogP contribution in [0.25, 0.3) is 0 Å². The van der Waals surface area contributed by atoms with Crippen LogP contribution in [-0.4, -0.2) is 21.2 Å². The van der Waals surface area contributed by atoms with Crippen molar-refractivity contribution in [2.75, 3.05) is 10.6 Å². The van der Waals surface area contributed by atoms with Crippen molar-refractivity contribution in [2.24, 2.45) is 24.8 Å². The molecule has 1 amide bonds. The Kier molecular flexibility index (Phi) is 4.45. The number of aryl methyl sites for hydroxylation is 2. The van der Waals surface area contributed by atoms with Gasteiger partial charge >= 0.3 is 0 Å². The van der Waals surface area contributed by atoms with Gasteiger partial charge in [0.1, 0.15) is 0 Å². The normalized spacial score (nSPS) is 29.8. The number of hydrogen-bond donors (Lipinski definition) is 2. The molecule has 2 N–H and O–H groups in total. The largest absolute Gasteiger partial charge is 0.378 e. The van der Waals surface area contributed by atoms with E-state index in [1.807, 2.05) is 37.7 Å². The first-order valence-corrected chi connectivity index (χ1v) is 11.1. The molecule has 4 aliphatic carbocycles. The van der Waals surface area contributed by atoms with E-state index in [1.54, 1.807) is 0 Å². The van der Waals surface area contributed by atoms with E-state index < -0.39 is 0 Å². The number of para-hydroxylation sites is 2. The number of benzene rings is 1. The Morgan fingerprint density at radius 2 is 1.66 bits per heavy atom. The average molecular weight is 393 g/mol. The summed E-state index contributed by atoms with van der Waals surface area (Å²) in [6, 6.07) is 8.20. The number of aromatic nitrogens is 2. The lowest BCUT2D eigenvalue weighted by molar-refractivity contribution is -0.115. The Bertz CT molecular complexity index is 909. The summed E-state index contributed by atoms with van der Waals surface area (Å²) >= 11 is 0. The maximum Gasteiger partial charge on any atom is 0.228 e. The van der Waals surface area contributed by atoms with Gasteiger partial charge in [0, 0.05) is 23.8 Å². The fourth-order valence-electron chi connectivity index (χ4n) is 6.68. The summed E-state index contributed by atoms with van der Waals surface area (Å²) in [5.74, 6) is 2.70. The summed E-state index contributed by atoms with van der Waals surface area (Å²) in [6.07, 6.45) is 8.52. The Morgan fingerprint density at radius 3 is 2.21 bits per heavy atom. The molecule has 4 saturated carbocycles. The van der Waals surface area contributed by atoms with E-state index in [1.165, 1.54) is 38.5 Å². The van der Waals surface area contributed by atoms with Crippen molar-refractivity contribution < 1.29 is 4.79 Å². The van der Waals surface area contributed by atoms with Gasteiger partial charge in [-0.3, -0.25) is 9.48 Å². The van der Waals surface area contributed by atoms with Crippen LogP contribution in [0.4, 0.5) is 11.4 Å². The minimum absolute atomic E-state index is 0.0176. The van der Waals surface area contributed by atoms with Crippen LogP contribution in [-0.2, 0) is 18.3 Å². The first kappa shape index (κ1) is 18.7. The second-order valence-corrected chi connectivity index (χ2v) is 9.87. The molecular weight excluding hydrogens is 360 g/mol. The van der Waals surface area contributed by atoms with Crippen LogP contribution in [0.1, 0.15) is 55.5 Å². The molecule has 154 valence electrons. The highest BCUT2D eigenvalue weighted by Gasteiger charge is 2.51. The number of hydrogen-bond acceptors (Lipinski definition) is 3. The van der Waals surface area contributed by atoms with Crippen molar-refractivity contribution in [3.05, 3.63) is 41.2 Å². The topological polar surface area (TPSA) is 59.0 Å². The number of rotatable bonds is 5. The van der Waals surface area contributed by atoms with Gasteiger partial charge < -0.3 is 10.6 Å². The monoisotopic (exact) mass is 392 g/mol. The van der Waals surface area contributed by atoms with E-state index in [4.69, 9.17) is 0 Å². The molecule has 0 unspecified atom stereocenters. The molecule has 6 rings (SSSR count). The van der Waals surface area contributed by atoms with Crippen LogP contribution in [0.3, 0.4) is 0 Å². The molecule has 0 radical (unpaired) electrons. The number of carbonyl (C=O) groups excluding carboxylic acids is 1. The molecule has 0 atom stereocenters. The molecule has 29 heavy (non-hydrogen) atoms. The van der Waals surface area contributed by atoms with Crippen molar-refractivity contribution in [3.8, 4) is 0 Å². The molecule has 0 saturated heterocycles. The van der Waals surface area contributed by atoms with Crippen molar-refractivity contribution in [1.82, 2.24) is 9.78 Å². The molecule has 4 bridgehead atoms. The number of nitrogens with one attached hydrogen (secondary N) is 2. The van der Waals surface area contributed by atoms with Gasteiger partial charge in [0.25, 0.3) is 0 Å².